The van der Waals surface area contributed by atoms with Crippen molar-refractivity contribution in [2.75, 3.05) is 30.8 Å². The van der Waals surface area contributed by atoms with Crippen LogP contribution in [0.4, 0.5) is 11.5 Å². The molecular weight excluding hydrogens is 444 g/mol. The molecule has 1 saturated carbocycles. The van der Waals surface area contributed by atoms with Crippen LogP contribution in [0.1, 0.15) is 69.8 Å². The Bertz CT molecular complexity index is 1180. The number of rotatable bonds is 8. The maximum Gasteiger partial charge on any atom is 0.273 e. The van der Waals surface area contributed by atoms with E-state index in [2.05, 4.69) is 31.4 Å². The standard InChI is InChI=1S/C26H30N6O3/c1-27-23-8-7-20(15-29-23)30-25(33)19-4-2-3-18(13-19)24(17-9-11-28-12-10-17)31-26(34)21-14-22(35-32-21)16-5-6-16/h2-4,7-8,13-17,24,28H,5-6,9-12H2,1H3,(H,27,29)(H,30,33)(H,31,34). The fourth-order valence-electron chi connectivity index (χ4n) is 4.51. The average Bonchev–Trinajstić information content (AvgIpc) is 3.64. The summed E-state index contributed by atoms with van der Waals surface area (Å²) in [7, 11) is 1.79. The van der Waals surface area contributed by atoms with Gasteiger partial charge in [0.05, 0.1) is 17.9 Å². The van der Waals surface area contributed by atoms with E-state index in [1.54, 1.807) is 37.5 Å². The zero-order valence-electron chi connectivity index (χ0n) is 19.7. The smallest absolute Gasteiger partial charge is 0.273 e. The van der Waals surface area contributed by atoms with Crippen molar-refractivity contribution in [3.63, 3.8) is 0 Å². The third-order valence-corrected chi connectivity index (χ3v) is 6.67. The lowest BCUT2D eigenvalue weighted by Gasteiger charge is -2.31. The lowest BCUT2D eigenvalue weighted by atomic mass is 9.85. The quantitative estimate of drug-likeness (QED) is 0.393. The highest BCUT2D eigenvalue weighted by Gasteiger charge is 2.31. The fraction of sp³-hybridized carbons (Fsp3) is 0.385. The average molecular weight is 475 g/mol. The van der Waals surface area contributed by atoms with E-state index >= 15 is 0 Å². The molecule has 1 aliphatic carbocycles. The molecule has 1 unspecified atom stereocenters. The van der Waals surface area contributed by atoms with Gasteiger partial charge in [-0.2, -0.15) is 0 Å². The van der Waals surface area contributed by atoms with Crippen molar-refractivity contribution in [2.45, 2.75) is 37.6 Å². The molecule has 3 aromatic rings. The van der Waals surface area contributed by atoms with Gasteiger partial charge in [-0.3, -0.25) is 9.59 Å². The van der Waals surface area contributed by atoms with Crippen molar-refractivity contribution in [1.29, 1.82) is 0 Å². The first-order valence-electron chi connectivity index (χ1n) is 12.1. The Morgan fingerprint density at radius 2 is 1.89 bits per heavy atom. The van der Waals surface area contributed by atoms with Gasteiger partial charge in [-0.15, -0.1) is 0 Å². The van der Waals surface area contributed by atoms with Gasteiger partial charge < -0.3 is 25.8 Å². The van der Waals surface area contributed by atoms with Crippen molar-refractivity contribution in [3.05, 3.63) is 71.2 Å². The molecule has 9 heteroatoms. The van der Waals surface area contributed by atoms with Gasteiger partial charge in [-0.1, -0.05) is 17.3 Å². The molecule has 0 bridgehead atoms. The third-order valence-electron chi connectivity index (χ3n) is 6.67. The molecule has 4 N–H and O–H groups in total. The van der Waals surface area contributed by atoms with Gasteiger partial charge in [0, 0.05) is 24.6 Å². The zero-order valence-corrected chi connectivity index (χ0v) is 19.7. The SMILES string of the molecule is CNc1ccc(NC(=O)c2cccc(C(NC(=O)c3cc(C4CC4)on3)C3CCNCC3)c2)cn1. The number of nitrogens with one attached hydrogen (secondary N) is 4. The number of pyridine rings is 1. The maximum atomic E-state index is 13.1. The van der Waals surface area contributed by atoms with E-state index < -0.39 is 0 Å². The first-order chi connectivity index (χ1) is 17.1. The van der Waals surface area contributed by atoms with Gasteiger partial charge in [-0.05, 0) is 74.5 Å². The predicted molar refractivity (Wildman–Crippen MR) is 132 cm³/mol. The van der Waals surface area contributed by atoms with Crippen molar-refractivity contribution >= 4 is 23.3 Å². The predicted octanol–water partition coefficient (Wildman–Crippen LogP) is 3.71. The van der Waals surface area contributed by atoms with Crippen LogP contribution in [-0.2, 0) is 0 Å². The lowest BCUT2D eigenvalue weighted by molar-refractivity contribution is 0.0904. The topological polar surface area (TPSA) is 121 Å². The van der Waals surface area contributed by atoms with Crippen LogP contribution in [-0.4, -0.2) is 42.1 Å². The van der Waals surface area contributed by atoms with E-state index in [0.717, 1.165) is 55.9 Å². The third kappa shape index (κ3) is 5.51. The highest BCUT2D eigenvalue weighted by Crippen LogP contribution is 2.40. The van der Waals surface area contributed by atoms with Gasteiger partial charge in [0.25, 0.3) is 11.8 Å². The number of benzene rings is 1. The molecule has 3 heterocycles. The van der Waals surface area contributed by atoms with Crippen LogP contribution in [0.3, 0.4) is 0 Å². The number of anilines is 2. The summed E-state index contributed by atoms with van der Waals surface area (Å²) in [5, 5.41) is 16.4. The van der Waals surface area contributed by atoms with Gasteiger partial charge in [0.1, 0.15) is 11.6 Å². The van der Waals surface area contributed by atoms with E-state index in [1.165, 1.54) is 0 Å². The highest BCUT2D eigenvalue weighted by atomic mass is 16.5. The van der Waals surface area contributed by atoms with Gasteiger partial charge in [-0.25, -0.2) is 4.98 Å². The molecule has 182 valence electrons. The Labute approximate surface area is 204 Å². The van der Waals surface area contributed by atoms with E-state index in [0.29, 0.717) is 22.9 Å². The summed E-state index contributed by atoms with van der Waals surface area (Å²) >= 11 is 0. The number of carbonyl (C=O) groups is 2. The van der Waals surface area contributed by atoms with Gasteiger partial charge in [0.2, 0.25) is 0 Å². The molecule has 2 aromatic heterocycles. The van der Waals surface area contributed by atoms with Crippen molar-refractivity contribution < 1.29 is 14.1 Å². The number of hydrogen-bond donors (Lipinski definition) is 4. The largest absolute Gasteiger partial charge is 0.373 e. The van der Waals surface area contributed by atoms with Crippen molar-refractivity contribution in [2.24, 2.45) is 5.92 Å². The van der Waals surface area contributed by atoms with Crippen LogP contribution < -0.4 is 21.3 Å². The summed E-state index contributed by atoms with van der Waals surface area (Å²) < 4.78 is 5.38. The molecule has 0 radical (unpaired) electrons. The maximum absolute atomic E-state index is 13.1. The van der Waals surface area contributed by atoms with E-state index in [1.807, 2.05) is 18.2 Å². The molecule has 1 atom stereocenters. The monoisotopic (exact) mass is 474 g/mol. The summed E-state index contributed by atoms with van der Waals surface area (Å²) in [6, 6.07) is 12.6. The van der Waals surface area contributed by atoms with E-state index in [-0.39, 0.29) is 23.8 Å². The number of nitrogens with zero attached hydrogens (tertiary/aromatic N) is 2. The Hall–Kier alpha value is -3.72. The second-order valence-electron chi connectivity index (χ2n) is 9.19. The van der Waals surface area contributed by atoms with Crippen molar-refractivity contribution in [1.82, 2.24) is 20.8 Å². The molecule has 2 amide bonds. The second kappa shape index (κ2) is 10.3. The normalized spacial score (nSPS) is 16.9. The number of carbonyl (C=O) groups excluding carboxylic acids is 2. The molecule has 1 aliphatic heterocycles. The van der Waals surface area contributed by atoms with Crippen molar-refractivity contribution in [3.8, 4) is 0 Å². The van der Waals surface area contributed by atoms with Crippen LogP contribution >= 0.6 is 0 Å². The van der Waals surface area contributed by atoms with Crippen LogP contribution in [0.15, 0.2) is 53.2 Å². The minimum absolute atomic E-state index is 0.230. The summed E-state index contributed by atoms with van der Waals surface area (Å²) in [5.41, 5.74) is 2.33. The molecule has 9 nitrogen and oxygen atoms in total. The van der Waals surface area contributed by atoms with Gasteiger partial charge >= 0.3 is 0 Å². The molecule has 2 fully saturated rings. The number of aromatic nitrogens is 2. The Morgan fingerprint density at radius 1 is 1.06 bits per heavy atom. The highest BCUT2D eigenvalue weighted by molar-refractivity contribution is 6.04. The van der Waals surface area contributed by atoms with Crippen LogP contribution in [0, 0.1) is 5.92 Å². The summed E-state index contributed by atoms with van der Waals surface area (Å²) in [6.45, 7) is 1.78. The first kappa shape index (κ1) is 23.0. The molecule has 1 saturated heterocycles. The molecule has 5 rings (SSSR count). The summed E-state index contributed by atoms with van der Waals surface area (Å²) in [5.74, 6) is 1.66. The van der Waals surface area contributed by atoms with Crippen LogP contribution in [0.2, 0.25) is 0 Å². The Balaban J connectivity index is 1.35. The van der Waals surface area contributed by atoms with Crippen LogP contribution in [0.25, 0.3) is 0 Å². The zero-order chi connectivity index (χ0) is 24.2. The molecule has 35 heavy (non-hydrogen) atoms. The summed E-state index contributed by atoms with van der Waals surface area (Å²) in [6.07, 6.45) is 5.63. The fourth-order valence-corrected chi connectivity index (χ4v) is 4.51. The Morgan fingerprint density at radius 3 is 2.60 bits per heavy atom. The Kier molecular flexibility index (Phi) is 6.76. The van der Waals surface area contributed by atoms with E-state index in [9.17, 15) is 9.59 Å². The number of hydrogen-bond acceptors (Lipinski definition) is 7. The molecule has 1 aromatic carbocycles. The molecule has 0 spiro atoms. The minimum atomic E-state index is -0.255. The second-order valence-corrected chi connectivity index (χ2v) is 9.19. The lowest BCUT2D eigenvalue weighted by Crippen LogP contribution is -2.39. The first-order valence-corrected chi connectivity index (χ1v) is 12.1. The number of piperidine rings is 1. The number of amides is 2. The van der Waals surface area contributed by atoms with E-state index in [4.69, 9.17) is 4.52 Å². The molecule has 2 aliphatic rings. The molecular formula is C26H30N6O3. The van der Waals surface area contributed by atoms with Crippen LogP contribution in [0.5, 0.6) is 0 Å². The van der Waals surface area contributed by atoms with Gasteiger partial charge in [0.15, 0.2) is 5.69 Å². The minimum Gasteiger partial charge on any atom is -0.373 e. The summed E-state index contributed by atoms with van der Waals surface area (Å²) in [4.78, 5) is 30.3.